The lowest BCUT2D eigenvalue weighted by Gasteiger charge is -2.22. The second-order valence-electron chi connectivity index (χ2n) is 3.81. The van der Waals surface area contributed by atoms with E-state index in [1.807, 2.05) is 0 Å². The normalized spacial score (nSPS) is 33.3. The molecule has 60 valence electrons. The fraction of sp³-hybridized carbons (Fsp3) is 1.00. The van der Waals surface area contributed by atoms with E-state index in [1.54, 1.807) is 0 Å². The van der Waals surface area contributed by atoms with Gasteiger partial charge in [0, 0.05) is 13.1 Å². The van der Waals surface area contributed by atoms with Crippen LogP contribution in [0.3, 0.4) is 0 Å². The van der Waals surface area contributed by atoms with Gasteiger partial charge >= 0.3 is 0 Å². The van der Waals surface area contributed by atoms with Crippen LogP contribution in [0, 0.1) is 5.92 Å². The van der Waals surface area contributed by atoms with E-state index in [-0.39, 0.29) is 5.60 Å². The SMILES string of the molecule is CC1CNCC(C)(C)OC1. The predicted octanol–water partition coefficient (Wildman–Crippen LogP) is 1.02. The molecule has 0 aromatic carbocycles. The molecular weight excluding hydrogens is 126 g/mol. The third-order valence-corrected chi connectivity index (χ3v) is 1.80. The maximum Gasteiger partial charge on any atom is 0.0750 e. The molecule has 0 radical (unpaired) electrons. The Morgan fingerprint density at radius 3 is 2.90 bits per heavy atom. The second kappa shape index (κ2) is 2.89. The second-order valence-corrected chi connectivity index (χ2v) is 3.81. The lowest BCUT2D eigenvalue weighted by molar-refractivity contribution is -0.0145. The number of ether oxygens (including phenoxy) is 1. The maximum atomic E-state index is 5.64. The summed E-state index contributed by atoms with van der Waals surface area (Å²) in [7, 11) is 0. The molecule has 0 aliphatic carbocycles. The van der Waals surface area contributed by atoms with Gasteiger partial charge in [-0.05, 0) is 19.8 Å². The molecule has 0 amide bonds. The fourth-order valence-electron chi connectivity index (χ4n) is 1.10. The largest absolute Gasteiger partial charge is 0.374 e. The first-order valence-corrected chi connectivity index (χ1v) is 3.95. The number of hydrogen-bond acceptors (Lipinski definition) is 2. The summed E-state index contributed by atoms with van der Waals surface area (Å²) in [5.74, 6) is 0.654. The van der Waals surface area contributed by atoms with Crippen LogP contribution in [0.4, 0.5) is 0 Å². The average molecular weight is 143 g/mol. The quantitative estimate of drug-likeness (QED) is 0.546. The van der Waals surface area contributed by atoms with Gasteiger partial charge in [0.25, 0.3) is 0 Å². The Balaban J connectivity index is 2.41. The minimum atomic E-state index is 0.0325. The van der Waals surface area contributed by atoms with Gasteiger partial charge in [-0.25, -0.2) is 0 Å². The molecule has 0 saturated carbocycles. The molecular formula is C8H17NO. The van der Waals surface area contributed by atoms with Gasteiger partial charge in [-0.3, -0.25) is 0 Å². The van der Waals surface area contributed by atoms with Crippen molar-refractivity contribution >= 4 is 0 Å². The molecule has 1 N–H and O–H groups in total. The Hall–Kier alpha value is -0.0800. The highest BCUT2D eigenvalue weighted by Crippen LogP contribution is 2.12. The highest BCUT2D eigenvalue weighted by molar-refractivity contribution is 4.76. The van der Waals surface area contributed by atoms with Gasteiger partial charge in [-0.1, -0.05) is 6.92 Å². The first-order chi connectivity index (χ1) is 4.60. The molecule has 1 rings (SSSR count). The summed E-state index contributed by atoms with van der Waals surface area (Å²) in [6.07, 6.45) is 0. The molecule has 10 heavy (non-hydrogen) atoms. The first kappa shape index (κ1) is 8.02. The molecule has 2 heteroatoms. The smallest absolute Gasteiger partial charge is 0.0750 e. The van der Waals surface area contributed by atoms with Gasteiger partial charge in [0.15, 0.2) is 0 Å². The zero-order valence-corrected chi connectivity index (χ0v) is 7.11. The van der Waals surface area contributed by atoms with Crippen molar-refractivity contribution in [3.8, 4) is 0 Å². The minimum absolute atomic E-state index is 0.0325. The van der Waals surface area contributed by atoms with Gasteiger partial charge < -0.3 is 10.1 Å². The molecule has 2 nitrogen and oxygen atoms in total. The lowest BCUT2D eigenvalue weighted by Crippen LogP contribution is -2.34. The van der Waals surface area contributed by atoms with Crippen LogP contribution < -0.4 is 5.32 Å². The van der Waals surface area contributed by atoms with Crippen molar-refractivity contribution in [2.24, 2.45) is 5.92 Å². The Bertz CT molecular complexity index is 112. The molecule has 1 fully saturated rings. The van der Waals surface area contributed by atoms with Crippen molar-refractivity contribution < 1.29 is 4.74 Å². The van der Waals surface area contributed by atoms with Crippen molar-refractivity contribution in [3.63, 3.8) is 0 Å². The molecule has 1 aliphatic heterocycles. The Kier molecular flexibility index (Phi) is 2.32. The Morgan fingerprint density at radius 1 is 1.50 bits per heavy atom. The number of rotatable bonds is 0. The molecule has 0 aromatic heterocycles. The van der Waals surface area contributed by atoms with E-state index >= 15 is 0 Å². The average Bonchev–Trinajstić information content (AvgIpc) is 1.94. The minimum Gasteiger partial charge on any atom is -0.374 e. The van der Waals surface area contributed by atoms with Crippen molar-refractivity contribution in [1.82, 2.24) is 5.32 Å². The van der Waals surface area contributed by atoms with E-state index in [1.165, 1.54) is 0 Å². The van der Waals surface area contributed by atoms with Crippen molar-refractivity contribution in [2.45, 2.75) is 26.4 Å². The molecule has 0 bridgehead atoms. The number of nitrogens with one attached hydrogen (secondary N) is 1. The van der Waals surface area contributed by atoms with Gasteiger partial charge in [0.05, 0.1) is 12.2 Å². The highest BCUT2D eigenvalue weighted by Gasteiger charge is 2.22. The third-order valence-electron chi connectivity index (χ3n) is 1.80. The van der Waals surface area contributed by atoms with Crippen LogP contribution in [0.15, 0.2) is 0 Å². The van der Waals surface area contributed by atoms with Gasteiger partial charge in [-0.15, -0.1) is 0 Å². The maximum absolute atomic E-state index is 5.64. The van der Waals surface area contributed by atoms with E-state index < -0.39 is 0 Å². The van der Waals surface area contributed by atoms with Crippen molar-refractivity contribution in [3.05, 3.63) is 0 Å². The summed E-state index contributed by atoms with van der Waals surface area (Å²) in [5, 5.41) is 3.36. The number of hydrogen-bond donors (Lipinski definition) is 1. The molecule has 1 unspecified atom stereocenters. The van der Waals surface area contributed by atoms with Crippen LogP contribution in [0.5, 0.6) is 0 Å². The summed E-state index contributed by atoms with van der Waals surface area (Å²) in [4.78, 5) is 0. The molecule has 1 saturated heterocycles. The van der Waals surface area contributed by atoms with E-state index in [0.717, 1.165) is 19.7 Å². The zero-order chi connectivity index (χ0) is 7.61. The summed E-state index contributed by atoms with van der Waals surface area (Å²) in [6.45, 7) is 9.39. The monoisotopic (exact) mass is 143 g/mol. The molecule has 1 atom stereocenters. The topological polar surface area (TPSA) is 21.3 Å². The fourth-order valence-corrected chi connectivity index (χ4v) is 1.10. The zero-order valence-electron chi connectivity index (χ0n) is 7.11. The van der Waals surface area contributed by atoms with Gasteiger partial charge in [0.2, 0.25) is 0 Å². The van der Waals surface area contributed by atoms with Gasteiger partial charge in [0.1, 0.15) is 0 Å². The van der Waals surface area contributed by atoms with E-state index in [0.29, 0.717) is 5.92 Å². The third kappa shape index (κ3) is 2.27. The lowest BCUT2D eigenvalue weighted by atomic mass is 10.1. The summed E-state index contributed by atoms with van der Waals surface area (Å²) < 4.78 is 5.64. The summed E-state index contributed by atoms with van der Waals surface area (Å²) in [6, 6.07) is 0. The van der Waals surface area contributed by atoms with E-state index in [2.05, 4.69) is 26.1 Å². The highest BCUT2D eigenvalue weighted by atomic mass is 16.5. The van der Waals surface area contributed by atoms with E-state index in [4.69, 9.17) is 4.74 Å². The predicted molar refractivity (Wildman–Crippen MR) is 42.1 cm³/mol. The van der Waals surface area contributed by atoms with Crippen molar-refractivity contribution in [1.29, 1.82) is 0 Å². The van der Waals surface area contributed by atoms with E-state index in [9.17, 15) is 0 Å². The van der Waals surface area contributed by atoms with Crippen LogP contribution in [0.2, 0.25) is 0 Å². The van der Waals surface area contributed by atoms with Gasteiger partial charge in [-0.2, -0.15) is 0 Å². The Morgan fingerprint density at radius 2 is 2.20 bits per heavy atom. The molecule has 1 aliphatic rings. The standard InChI is InChI=1S/C8H17NO/c1-7-4-9-6-8(2,3)10-5-7/h7,9H,4-6H2,1-3H3. The molecule has 0 aromatic rings. The summed E-state index contributed by atoms with van der Waals surface area (Å²) >= 11 is 0. The van der Waals surface area contributed by atoms with Crippen LogP contribution in [-0.2, 0) is 4.74 Å². The van der Waals surface area contributed by atoms with Crippen LogP contribution in [0.25, 0.3) is 0 Å². The summed E-state index contributed by atoms with van der Waals surface area (Å²) in [5.41, 5.74) is 0.0325. The Labute approximate surface area is 63.0 Å². The molecule has 0 spiro atoms. The van der Waals surface area contributed by atoms with Crippen LogP contribution in [-0.4, -0.2) is 25.3 Å². The molecule has 1 heterocycles. The van der Waals surface area contributed by atoms with Crippen molar-refractivity contribution in [2.75, 3.05) is 19.7 Å². The van der Waals surface area contributed by atoms with Crippen LogP contribution in [0.1, 0.15) is 20.8 Å². The first-order valence-electron chi connectivity index (χ1n) is 3.95. The van der Waals surface area contributed by atoms with Crippen LogP contribution >= 0.6 is 0 Å².